The van der Waals surface area contributed by atoms with Crippen LogP contribution in [0.2, 0.25) is 0 Å². The van der Waals surface area contributed by atoms with Crippen LogP contribution in [-0.2, 0) is 0 Å². The second-order valence-corrected chi connectivity index (χ2v) is 13.7. The fourth-order valence-corrected chi connectivity index (χ4v) is 8.57. The molecular weight excluding hydrogens is 627 g/mol. The van der Waals surface area contributed by atoms with E-state index in [1.54, 1.807) is 0 Å². The Morgan fingerprint density at radius 3 is 2.00 bits per heavy atom. The maximum atomic E-state index is 5.08. The van der Waals surface area contributed by atoms with Crippen molar-refractivity contribution in [2.45, 2.75) is 9.79 Å². The van der Waals surface area contributed by atoms with Gasteiger partial charge in [-0.1, -0.05) is 127 Å². The highest BCUT2D eigenvalue weighted by Gasteiger charge is 2.20. The molecule has 234 valence electrons. The number of hydrogen-bond acceptors (Lipinski definition) is 3. The number of imidazole rings is 1. The van der Waals surface area contributed by atoms with Crippen LogP contribution < -0.4 is 0 Å². The summed E-state index contributed by atoms with van der Waals surface area (Å²) in [5.74, 6) is 0.933. The normalized spacial score (nSPS) is 11.7. The molecule has 4 heteroatoms. The first-order valence-electron chi connectivity index (χ1n) is 16.8. The van der Waals surface area contributed by atoms with Crippen molar-refractivity contribution < 1.29 is 0 Å². The molecule has 0 spiro atoms. The van der Waals surface area contributed by atoms with E-state index in [4.69, 9.17) is 4.98 Å². The fraction of sp³-hybridized carbons (Fsp3) is 0. The molecular formula is C46H29N3S. The highest BCUT2D eigenvalue weighted by Crippen LogP contribution is 2.47. The third kappa shape index (κ3) is 4.61. The summed E-state index contributed by atoms with van der Waals surface area (Å²) in [6.07, 6.45) is 3.96. The van der Waals surface area contributed by atoms with Crippen LogP contribution in [0.25, 0.3) is 82.3 Å². The summed E-state index contributed by atoms with van der Waals surface area (Å²) in [7, 11) is 0. The zero-order valence-corrected chi connectivity index (χ0v) is 27.8. The minimum absolute atomic E-state index is 0.933. The van der Waals surface area contributed by atoms with E-state index < -0.39 is 0 Å². The third-order valence-corrected chi connectivity index (χ3v) is 10.9. The molecule has 0 bridgehead atoms. The average molecular weight is 656 g/mol. The lowest BCUT2D eigenvalue weighted by molar-refractivity contribution is 1.10. The van der Waals surface area contributed by atoms with Crippen LogP contribution in [-0.4, -0.2) is 14.5 Å². The van der Waals surface area contributed by atoms with Gasteiger partial charge in [0.25, 0.3) is 0 Å². The van der Waals surface area contributed by atoms with Gasteiger partial charge in [-0.05, 0) is 97.4 Å². The molecule has 0 unspecified atom stereocenters. The molecule has 0 fully saturated rings. The van der Waals surface area contributed by atoms with Gasteiger partial charge < -0.3 is 0 Å². The van der Waals surface area contributed by atoms with Crippen molar-refractivity contribution in [2.75, 3.05) is 0 Å². The minimum Gasteiger partial charge on any atom is -0.292 e. The van der Waals surface area contributed by atoms with E-state index in [2.05, 4.69) is 161 Å². The lowest BCUT2D eigenvalue weighted by Crippen LogP contribution is -1.97. The number of hydrogen-bond donors (Lipinski definition) is 0. The zero-order valence-electron chi connectivity index (χ0n) is 27.0. The molecule has 0 saturated carbocycles. The van der Waals surface area contributed by atoms with Gasteiger partial charge in [0.05, 0.1) is 11.0 Å². The van der Waals surface area contributed by atoms with Gasteiger partial charge in [-0.15, -0.1) is 0 Å². The van der Waals surface area contributed by atoms with Gasteiger partial charge >= 0.3 is 0 Å². The van der Waals surface area contributed by atoms with Crippen molar-refractivity contribution in [3.63, 3.8) is 0 Å². The Labute approximate surface area is 293 Å². The van der Waals surface area contributed by atoms with E-state index >= 15 is 0 Å². The second kappa shape index (κ2) is 11.7. The van der Waals surface area contributed by atoms with Gasteiger partial charge in [0.2, 0.25) is 0 Å². The Bertz CT molecular complexity index is 2830. The van der Waals surface area contributed by atoms with Crippen molar-refractivity contribution in [1.29, 1.82) is 0 Å². The van der Waals surface area contributed by atoms with Crippen LogP contribution in [0.15, 0.2) is 186 Å². The maximum absolute atomic E-state index is 5.08. The summed E-state index contributed by atoms with van der Waals surface area (Å²) < 4.78 is 2.25. The van der Waals surface area contributed by atoms with Gasteiger partial charge in [0.1, 0.15) is 5.82 Å². The van der Waals surface area contributed by atoms with Crippen molar-refractivity contribution in [3.8, 4) is 28.2 Å². The largest absolute Gasteiger partial charge is 0.292 e. The quantitative estimate of drug-likeness (QED) is 0.137. The number of pyridine rings is 1. The number of rotatable bonds is 5. The lowest BCUT2D eigenvalue weighted by atomic mass is 9.88. The van der Waals surface area contributed by atoms with E-state index in [1.165, 1.54) is 58.6 Å². The van der Waals surface area contributed by atoms with Crippen molar-refractivity contribution >= 4 is 65.9 Å². The molecule has 10 rings (SSSR count). The summed E-state index contributed by atoms with van der Waals surface area (Å²) in [6, 6.07) is 58.5. The van der Waals surface area contributed by atoms with Crippen molar-refractivity contribution in [1.82, 2.24) is 14.5 Å². The molecule has 0 amide bonds. The average Bonchev–Trinajstić information content (AvgIpc) is 3.58. The van der Waals surface area contributed by atoms with Gasteiger partial charge in [-0.2, -0.15) is 0 Å². The monoisotopic (exact) mass is 655 g/mol. The SMILES string of the molecule is c1ccc(-n2c(-c3ccc(Sc4c5ccccc5c(-c5cc6ccccc6c6ccccc56)c5cnccc45)cc3)nc3ccccc32)cc1. The van der Waals surface area contributed by atoms with Gasteiger partial charge in [0.15, 0.2) is 0 Å². The number of fused-ring (bicyclic) bond motifs is 6. The van der Waals surface area contributed by atoms with Crippen LogP contribution in [0.3, 0.4) is 0 Å². The molecule has 0 N–H and O–H groups in total. The standard InChI is InChI=1S/C46H29N3S/c1-2-13-32(14-3-1)49-43-21-11-10-20-42(43)48-46(49)30-22-24-33(25-23-30)50-45-38-19-9-8-18-37(38)44(41-29-47-27-26-39(41)45)40-28-31-12-4-5-15-34(31)35-16-6-7-17-36(35)40/h1-29H. The molecule has 0 atom stereocenters. The third-order valence-electron chi connectivity index (χ3n) is 9.72. The van der Waals surface area contributed by atoms with E-state index in [9.17, 15) is 0 Å². The predicted molar refractivity (Wildman–Crippen MR) is 210 cm³/mol. The van der Waals surface area contributed by atoms with Crippen LogP contribution in [0.4, 0.5) is 0 Å². The molecule has 0 aliphatic heterocycles. The maximum Gasteiger partial charge on any atom is 0.145 e. The predicted octanol–water partition coefficient (Wildman–Crippen LogP) is 12.5. The minimum atomic E-state index is 0.933. The Morgan fingerprint density at radius 2 is 1.16 bits per heavy atom. The number of para-hydroxylation sites is 3. The van der Waals surface area contributed by atoms with Gasteiger partial charge in [-0.25, -0.2) is 4.98 Å². The van der Waals surface area contributed by atoms with Gasteiger partial charge in [0, 0.05) is 38.8 Å². The van der Waals surface area contributed by atoms with E-state index in [0.717, 1.165) is 33.5 Å². The van der Waals surface area contributed by atoms with Crippen molar-refractivity contribution in [3.05, 3.63) is 176 Å². The Kier molecular flexibility index (Phi) is 6.74. The summed E-state index contributed by atoms with van der Waals surface area (Å²) in [6.45, 7) is 0. The summed E-state index contributed by atoms with van der Waals surface area (Å²) in [5.41, 5.74) is 6.71. The molecule has 0 saturated heterocycles. The Morgan fingerprint density at radius 1 is 0.500 bits per heavy atom. The topological polar surface area (TPSA) is 30.7 Å². The Balaban J connectivity index is 1.13. The first-order chi connectivity index (χ1) is 24.8. The van der Waals surface area contributed by atoms with Crippen molar-refractivity contribution in [2.24, 2.45) is 0 Å². The molecule has 0 aliphatic rings. The number of nitrogens with zero attached hydrogens (tertiary/aromatic N) is 3. The first kappa shape index (κ1) is 28.8. The molecule has 3 nitrogen and oxygen atoms in total. The summed E-state index contributed by atoms with van der Waals surface area (Å²) >= 11 is 1.81. The van der Waals surface area contributed by atoms with Crippen LogP contribution in [0.1, 0.15) is 0 Å². The first-order valence-corrected chi connectivity index (χ1v) is 17.6. The van der Waals surface area contributed by atoms with Crippen LogP contribution >= 0.6 is 11.8 Å². The summed E-state index contributed by atoms with van der Waals surface area (Å²) in [5, 5.41) is 9.84. The van der Waals surface area contributed by atoms with E-state index in [0.29, 0.717) is 0 Å². The molecule has 0 radical (unpaired) electrons. The molecule has 2 aromatic heterocycles. The highest BCUT2D eigenvalue weighted by atomic mass is 32.2. The van der Waals surface area contributed by atoms with Crippen LogP contribution in [0, 0.1) is 0 Å². The molecule has 2 heterocycles. The van der Waals surface area contributed by atoms with E-state index in [1.807, 2.05) is 36.3 Å². The summed E-state index contributed by atoms with van der Waals surface area (Å²) in [4.78, 5) is 12.2. The number of aromatic nitrogens is 3. The second-order valence-electron chi connectivity index (χ2n) is 12.6. The van der Waals surface area contributed by atoms with E-state index in [-0.39, 0.29) is 0 Å². The van der Waals surface area contributed by atoms with Crippen LogP contribution in [0.5, 0.6) is 0 Å². The highest BCUT2D eigenvalue weighted by molar-refractivity contribution is 7.99. The molecule has 10 aromatic rings. The molecule has 0 aliphatic carbocycles. The van der Waals surface area contributed by atoms with Gasteiger partial charge in [-0.3, -0.25) is 9.55 Å². The smallest absolute Gasteiger partial charge is 0.145 e. The zero-order chi connectivity index (χ0) is 33.0. The number of benzene rings is 8. The lowest BCUT2D eigenvalue weighted by Gasteiger charge is -2.19. The Hall–Kier alpha value is -6.23. The fourth-order valence-electron chi connectivity index (χ4n) is 7.49. The molecule has 8 aromatic carbocycles. The molecule has 50 heavy (non-hydrogen) atoms.